The van der Waals surface area contributed by atoms with Crippen LogP contribution in [0, 0.1) is 41.4 Å². The van der Waals surface area contributed by atoms with E-state index in [-0.39, 0.29) is 60.3 Å². The van der Waals surface area contributed by atoms with E-state index in [4.69, 9.17) is 25.7 Å². The molecule has 278 valence electrons. The number of aliphatic imine (C=N–C) groups is 1. The molecule has 4 saturated carbocycles. The number of piperidine rings is 1. The van der Waals surface area contributed by atoms with Gasteiger partial charge in [-0.2, -0.15) is 0 Å². The molecule has 6 aliphatic rings. The number of carbonyl (C=O) groups is 2. The molecule has 15 nitrogen and oxygen atoms in total. The Morgan fingerprint density at radius 2 is 1.82 bits per heavy atom. The van der Waals surface area contributed by atoms with Crippen LogP contribution in [0.1, 0.15) is 64.2 Å². The highest BCUT2D eigenvalue weighted by Gasteiger charge is 2.63. The number of nitrogens with zero attached hydrogens (tertiary/aromatic N) is 1. The van der Waals surface area contributed by atoms with Crippen molar-refractivity contribution in [1.82, 2.24) is 10.6 Å². The number of hydrogen-bond donors (Lipinski definition) is 9. The maximum Gasteiger partial charge on any atom is 0.188 e. The predicted molar refractivity (Wildman–Crippen MR) is 175 cm³/mol. The van der Waals surface area contributed by atoms with Crippen LogP contribution in [0.15, 0.2) is 4.99 Å². The highest BCUT2D eigenvalue weighted by Crippen LogP contribution is 2.53. The first-order valence-electron chi connectivity index (χ1n) is 18.2. The van der Waals surface area contributed by atoms with Gasteiger partial charge in [0, 0.05) is 44.4 Å². The highest BCUT2D eigenvalue weighted by molar-refractivity contribution is 6.00. The fraction of sp³-hybridized carbons (Fsp3) is 0.912. The number of rotatable bonds is 8. The quantitative estimate of drug-likeness (QED) is 0.0996. The molecule has 4 aliphatic carbocycles. The molecule has 12 unspecified atom stereocenters. The van der Waals surface area contributed by atoms with Crippen LogP contribution in [0.3, 0.4) is 0 Å². The molecular weight excluding hydrogens is 638 g/mol. The topological polar surface area (TPSA) is 251 Å². The number of aliphatic hydroxyl groups is 5. The van der Waals surface area contributed by atoms with Crippen LogP contribution >= 0.6 is 0 Å². The molecule has 0 aromatic carbocycles. The summed E-state index contributed by atoms with van der Waals surface area (Å²) in [4.78, 5) is 32.8. The third kappa shape index (κ3) is 6.92. The lowest BCUT2D eigenvalue weighted by molar-refractivity contribution is -0.346. The normalized spacial score (nSPS) is 49.1. The van der Waals surface area contributed by atoms with Crippen LogP contribution in [-0.4, -0.2) is 131 Å². The smallest absolute Gasteiger partial charge is 0.188 e. The summed E-state index contributed by atoms with van der Waals surface area (Å²) in [6.07, 6.45) is -3.23. The average molecular weight is 696 g/mol. The zero-order valence-electron chi connectivity index (χ0n) is 28.6. The van der Waals surface area contributed by atoms with E-state index in [0.717, 1.165) is 32.2 Å². The summed E-state index contributed by atoms with van der Waals surface area (Å²) in [7, 11) is 3.11. The third-order valence-corrected chi connectivity index (χ3v) is 12.9. The second-order valence-corrected chi connectivity index (χ2v) is 15.5. The summed E-state index contributed by atoms with van der Waals surface area (Å²) >= 11 is 0. The summed E-state index contributed by atoms with van der Waals surface area (Å²) < 4.78 is 18.0. The Morgan fingerprint density at radius 3 is 2.51 bits per heavy atom. The molecule has 0 spiro atoms. The van der Waals surface area contributed by atoms with Crippen molar-refractivity contribution in [2.24, 2.45) is 57.9 Å². The minimum atomic E-state index is -1.96. The summed E-state index contributed by atoms with van der Waals surface area (Å²) in [6, 6.07) is -0.191. The van der Waals surface area contributed by atoms with Gasteiger partial charge in [-0.15, -0.1) is 0 Å². The van der Waals surface area contributed by atoms with Crippen molar-refractivity contribution in [1.29, 1.82) is 0 Å². The van der Waals surface area contributed by atoms with Crippen molar-refractivity contribution in [3.8, 4) is 0 Å². The lowest BCUT2D eigenvalue weighted by Gasteiger charge is -2.55. The van der Waals surface area contributed by atoms with Crippen molar-refractivity contribution >= 4 is 17.5 Å². The van der Waals surface area contributed by atoms with Crippen molar-refractivity contribution < 1.29 is 49.3 Å². The van der Waals surface area contributed by atoms with Crippen LogP contribution < -0.4 is 22.1 Å². The van der Waals surface area contributed by atoms with Crippen molar-refractivity contribution in [2.75, 3.05) is 27.3 Å². The van der Waals surface area contributed by atoms with Gasteiger partial charge in [-0.1, -0.05) is 6.42 Å². The van der Waals surface area contributed by atoms with Gasteiger partial charge >= 0.3 is 0 Å². The minimum absolute atomic E-state index is 0.0438. The van der Waals surface area contributed by atoms with Crippen molar-refractivity contribution in [3.05, 3.63) is 0 Å². The number of guanidine groups is 1. The molecule has 6 fully saturated rings. The maximum atomic E-state index is 14.5. The lowest BCUT2D eigenvalue weighted by atomic mass is 9.51. The Hall–Kier alpha value is -1.79. The second kappa shape index (κ2) is 15.1. The number of Topliss-reactive ketones (excluding diaryl/α,β-unsaturated/α-hetero) is 2. The molecule has 15 heteroatoms. The van der Waals surface area contributed by atoms with E-state index in [1.54, 1.807) is 7.05 Å². The van der Waals surface area contributed by atoms with E-state index >= 15 is 0 Å². The van der Waals surface area contributed by atoms with Gasteiger partial charge in [0.2, 0.25) is 0 Å². The van der Waals surface area contributed by atoms with E-state index in [0.29, 0.717) is 25.7 Å². The van der Waals surface area contributed by atoms with Crippen LogP contribution in [0.4, 0.5) is 0 Å². The van der Waals surface area contributed by atoms with Crippen molar-refractivity contribution in [3.63, 3.8) is 0 Å². The number of nitrogens with two attached hydrogens (primary N) is 2. The van der Waals surface area contributed by atoms with E-state index in [9.17, 15) is 35.1 Å². The summed E-state index contributed by atoms with van der Waals surface area (Å²) in [5.74, 6) is -3.35. The second-order valence-electron chi connectivity index (χ2n) is 15.5. The van der Waals surface area contributed by atoms with Gasteiger partial charge < -0.3 is 61.8 Å². The SMILES string of the molecule is CN=C(N)NC1CCCC2CC3C(=O)C4CC(OC)CC(O[C@H]5O[C@H](CO)[C@](O)(CCC6CCNC(N)C6)[C@H](O)[C@H]5O)C4C(=O)C3C(O)C21. The van der Waals surface area contributed by atoms with Gasteiger partial charge in [-0.3, -0.25) is 14.6 Å². The molecule has 0 amide bonds. The molecular formula is C34H57N5O10. The zero-order chi connectivity index (χ0) is 35.2. The van der Waals surface area contributed by atoms with E-state index in [2.05, 4.69) is 15.6 Å². The Bertz CT molecular complexity index is 1220. The molecule has 2 aliphatic heterocycles. The van der Waals surface area contributed by atoms with Crippen LogP contribution in [0.25, 0.3) is 0 Å². The Balaban J connectivity index is 1.21. The Labute approximate surface area is 287 Å². The molecule has 17 atom stereocenters. The highest BCUT2D eigenvalue weighted by atomic mass is 16.7. The number of methoxy groups -OCH3 is 1. The van der Waals surface area contributed by atoms with Crippen molar-refractivity contribution in [2.45, 2.75) is 125 Å². The summed E-state index contributed by atoms with van der Waals surface area (Å²) in [5, 5.41) is 62.8. The van der Waals surface area contributed by atoms with Gasteiger partial charge in [0.15, 0.2) is 12.2 Å². The molecule has 0 aromatic heterocycles. The first-order chi connectivity index (χ1) is 23.4. The van der Waals surface area contributed by atoms with Crippen LogP contribution in [0.2, 0.25) is 0 Å². The number of nitrogens with one attached hydrogen (secondary N) is 2. The molecule has 0 bridgehead atoms. The third-order valence-electron chi connectivity index (χ3n) is 12.9. The number of ether oxygens (including phenoxy) is 3. The Morgan fingerprint density at radius 1 is 1.06 bits per heavy atom. The molecule has 2 saturated heterocycles. The number of carbonyl (C=O) groups excluding carboxylic acids is 2. The number of hydrogen-bond acceptors (Lipinski definition) is 13. The van der Waals surface area contributed by atoms with Gasteiger partial charge in [-0.05, 0) is 69.7 Å². The zero-order valence-corrected chi connectivity index (χ0v) is 28.6. The fourth-order valence-electron chi connectivity index (χ4n) is 10.4. The number of ketones is 2. The maximum absolute atomic E-state index is 14.5. The van der Waals surface area contributed by atoms with Crippen LogP contribution in [-0.2, 0) is 23.8 Å². The molecule has 0 radical (unpaired) electrons. The predicted octanol–water partition coefficient (Wildman–Crippen LogP) is -1.88. The monoisotopic (exact) mass is 695 g/mol. The number of aliphatic hydroxyl groups excluding tert-OH is 4. The number of fused-ring (bicyclic) bond motifs is 3. The minimum Gasteiger partial charge on any atom is -0.394 e. The first-order valence-corrected chi connectivity index (χ1v) is 18.2. The molecule has 49 heavy (non-hydrogen) atoms. The summed E-state index contributed by atoms with van der Waals surface area (Å²) in [5.41, 5.74) is 10.1. The van der Waals surface area contributed by atoms with E-state index in [1.807, 2.05) is 0 Å². The van der Waals surface area contributed by atoms with Crippen LogP contribution in [0.5, 0.6) is 0 Å². The largest absolute Gasteiger partial charge is 0.394 e. The van der Waals surface area contributed by atoms with Gasteiger partial charge in [0.05, 0.1) is 42.9 Å². The van der Waals surface area contributed by atoms with Gasteiger partial charge in [0.25, 0.3) is 0 Å². The summed E-state index contributed by atoms with van der Waals surface area (Å²) in [6.45, 7) is 0.0832. The molecule has 6 rings (SSSR count). The van der Waals surface area contributed by atoms with E-state index < -0.39 is 78.8 Å². The first kappa shape index (κ1) is 37.0. The van der Waals surface area contributed by atoms with E-state index in [1.165, 1.54) is 7.11 Å². The standard InChI is InChI=1S/C34H57N5O10/c1-37-33(36)39-20-5-3-4-16-11-18-26(28(42)24(16)20)29(43)25-19(27(18)41)12-17(47-2)13-21(25)48-32-30(44)31(45)34(46,22(14-40)49-32)8-6-15-7-9-38-23(35)10-15/h15-26,28,30-32,38,40,42,44-46H,3-14,35H2,1-2H3,(H3,36,37,39)/t15?,16?,17?,18?,19?,20?,21?,22-,23?,24?,25?,26?,28?,30-,31-,32+,34-/m1/s1. The molecule has 0 aromatic rings. The average Bonchev–Trinajstić information content (AvgIpc) is 3.09. The van der Waals surface area contributed by atoms with Gasteiger partial charge in [-0.25, -0.2) is 0 Å². The molecule has 11 N–H and O–H groups in total. The fourth-order valence-corrected chi connectivity index (χ4v) is 10.4. The molecule has 2 heterocycles. The lowest BCUT2D eigenvalue weighted by Crippen LogP contribution is -2.68. The van der Waals surface area contributed by atoms with Gasteiger partial charge in [0.1, 0.15) is 35.5 Å². The Kier molecular flexibility index (Phi) is 11.4.